The maximum absolute atomic E-state index is 13.1. The fourth-order valence-electron chi connectivity index (χ4n) is 2.16. The van der Waals surface area contributed by atoms with Crippen LogP contribution in [0.4, 0.5) is 4.39 Å². The van der Waals surface area contributed by atoms with Crippen LogP contribution in [0.1, 0.15) is 24.7 Å². The Morgan fingerprint density at radius 3 is 2.94 bits per heavy atom. The number of aryl methyl sites for hydroxylation is 1. The number of nitrogens with two attached hydrogens (primary N) is 1. The lowest BCUT2D eigenvalue weighted by Gasteiger charge is -2.09. The van der Waals surface area contributed by atoms with Gasteiger partial charge in [-0.25, -0.2) is 9.37 Å². The average molecular weight is 219 g/mol. The average Bonchev–Trinajstić information content (AvgIpc) is 3.04. The molecule has 1 heterocycles. The molecule has 0 bridgehead atoms. The Labute approximate surface area is 93.1 Å². The number of aromatic nitrogens is 2. The molecule has 4 heteroatoms. The van der Waals surface area contributed by atoms with E-state index in [0.29, 0.717) is 11.4 Å². The SMILES string of the molecule is Cn1c(C(N)C2CC2)nc2cc(F)ccc21. The first-order chi connectivity index (χ1) is 7.66. The molecule has 0 amide bonds. The second-order valence-electron chi connectivity index (χ2n) is 4.53. The molecule has 1 aromatic carbocycles. The van der Waals surface area contributed by atoms with E-state index in [9.17, 15) is 4.39 Å². The number of halogens is 1. The Morgan fingerprint density at radius 1 is 1.50 bits per heavy atom. The van der Waals surface area contributed by atoms with Crippen LogP contribution in [0.15, 0.2) is 18.2 Å². The van der Waals surface area contributed by atoms with Gasteiger partial charge in [-0.05, 0) is 30.9 Å². The number of nitrogens with zero attached hydrogens (tertiary/aromatic N) is 2. The first-order valence-electron chi connectivity index (χ1n) is 5.54. The van der Waals surface area contributed by atoms with Gasteiger partial charge in [-0.3, -0.25) is 0 Å². The lowest BCUT2D eigenvalue weighted by molar-refractivity contribution is 0.574. The molecule has 1 fully saturated rings. The zero-order valence-electron chi connectivity index (χ0n) is 9.15. The van der Waals surface area contributed by atoms with Crippen molar-refractivity contribution >= 4 is 11.0 Å². The minimum Gasteiger partial charge on any atom is -0.330 e. The molecular weight excluding hydrogens is 205 g/mol. The maximum atomic E-state index is 13.1. The number of benzene rings is 1. The summed E-state index contributed by atoms with van der Waals surface area (Å²) in [6.07, 6.45) is 2.36. The van der Waals surface area contributed by atoms with E-state index in [1.54, 1.807) is 6.07 Å². The zero-order chi connectivity index (χ0) is 11.3. The zero-order valence-corrected chi connectivity index (χ0v) is 9.15. The number of rotatable bonds is 2. The summed E-state index contributed by atoms with van der Waals surface area (Å²) in [5.74, 6) is 1.17. The third kappa shape index (κ3) is 1.41. The van der Waals surface area contributed by atoms with Gasteiger partial charge >= 0.3 is 0 Å². The molecule has 0 saturated heterocycles. The van der Waals surface area contributed by atoms with Crippen LogP contribution >= 0.6 is 0 Å². The van der Waals surface area contributed by atoms with Gasteiger partial charge in [0.05, 0.1) is 17.1 Å². The molecule has 0 spiro atoms. The van der Waals surface area contributed by atoms with E-state index in [2.05, 4.69) is 4.98 Å². The first kappa shape index (κ1) is 9.78. The molecule has 2 aromatic rings. The second kappa shape index (κ2) is 3.28. The van der Waals surface area contributed by atoms with E-state index in [0.717, 1.165) is 11.3 Å². The summed E-state index contributed by atoms with van der Waals surface area (Å²) in [5, 5.41) is 0. The maximum Gasteiger partial charge on any atom is 0.126 e. The molecule has 0 aliphatic heterocycles. The number of hydrogen-bond donors (Lipinski definition) is 1. The lowest BCUT2D eigenvalue weighted by Crippen LogP contribution is -2.17. The van der Waals surface area contributed by atoms with Crippen LogP contribution in [-0.4, -0.2) is 9.55 Å². The van der Waals surface area contributed by atoms with Crippen molar-refractivity contribution in [3.8, 4) is 0 Å². The lowest BCUT2D eigenvalue weighted by atomic mass is 10.2. The van der Waals surface area contributed by atoms with Crippen molar-refractivity contribution < 1.29 is 4.39 Å². The van der Waals surface area contributed by atoms with Crippen LogP contribution in [0, 0.1) is 11.7 Å². The molecule has 84 valence electrons. The predicted octanol–water partition coefficient (Wildman–Crippen LogP) is 2.12. The summed E-state index contributed by atoms with van der Waals surface area (Å²) >= 11 is 0. The molecule has 3 nitrogen and oxygen atoms in total. The molecule has 1 atom stereocenters. The van der Waals surface area contributed by atoms with Crippen molar-refractivity contribution in [1.82, 2.24) is 9.55 Å². The number of fused-ring (bicyclic) bond motifs is 1. The highest BCUT2D eigenvalue weighted by Crippen LogP contribution is 2.39. The molecule has 0 radical (unpaired) electrons. The highest BCUT2D eigenvalue weighted by Gasteiger charge is 2.32. The summed E-state index contributed by atoms with van der Waals surface area (Å²) in [7, 11) is 1.94. The van der Waals surface area contributed by atoms with Gasteiger partial charge in [-0.2, -0.15) is 0 Å². The van der Waals surface area contributed by atoms with Crippen LogP contribution in [0.25, 0.3) is 11.0 Å². The summed E-state index contributed by atoms with van der Waals surface area (Å²) in [6.45, 7) is 0. The summed E-state index contributed by atoms with van der Waals surface area (Å²) in [4.78, 5) is 4.43. The van der Waals surface area contributed by atoms with Crippen LogP contribution in [0.2, 0.25) is 0 Å². The Morgan fingerprint density at radius 2 is 2.25 bits per heavy atom. The van der Waals surface area contributed by atoms with Gasteiger partial charge in [-0.15, -0.1) is 0 Å². The molecule has 3 rings (SSSR count). The molecule has 1 aromatic heterocycles. The van der Waals surface area contributed by atoms with Crippen molar-refractivity contribution in [3.63, 3.8) is 0 Å². The van der Waals surface area contributed by atoms with Crippen molar-refractivity contribution in [2.24, 2.45) is 18.7 Å². The van der Waals surface area contributed by atoms with E-state index in [1.807, 2.05) is 11.6 Å². The highest BCUT2D eigenvalue weighted by atomic mass is 19.1. The quantitative estimate of drug-likeness (QED) is 0.840. The van der Waals surface area contributed by atoms with Gasteiger partial charge in [0.1, 0.15) is 11.6 Å². The van der Waals surface area contributed by atoms with E-state index < -0.39 is 0 Å². The molecule has 2 N–H and O–H groups in total. The van der Waals surface area contributed by atoms with Crippen molar-refractivity contribution in [2.45, 2.75) is 18.9 Å². The largest absolute Gasteiger partial charge is 0.330 e. The number of imidazole rings is 1. The van der Waals surface area contributed by atoms with Crippen molar-refractivity contribution in [1.29, 1.82) is 0 Å². The Kier molecular flexibility index (Phi) is 2.01. The summed E-state index contributed by atoms with van der Waals surface area (Å²) < 4.78 is 15.0. The Balaban J connectivity index is 2.14. The normalized spacial score (nSPS) is 17.9. The molecule has 16 heavy (non-hydrogen) atoms. The van der Waals surface area contributed by atoms with Gasteiger partial charge in [-0.1, -0.05) is 0 Å². The smallest absolute Gasteiger partial charge is 0.126 e. The third-order valence-corrected chi connectivity index (χ3v) is 3.31. The predicted molar refractivity (Wildman–Crippen MR) is 60.3 cm³/mol. The molecule has 1 aliphatic rings. The minimum absolute atomic E-state index is 0.0135. The van der Waals surface area contributed by atoms with Crippen LogP contribution in [0.3, 0.4) is 0 Å². The summed E-state index contributed by atoms with van der Waals surface area (Å²) in [6, 6.07) is 4.65. The van der Waals surface area contributed by atoms with Gasteiger partial charge in [0.25, 0.3) is 0 Å². The summed E-state index contributed by atoms with van der Waals surface area (Å²) in [5.41, 5.74) is 7.75. The Hall–Kier alpha value is -1.42. The molecule has 1 aliphatic carbocycles. The van der Waals surface area contributed by atoms with Gasteiger partial charge in [0.2, 0.25) is 0 Å². The fourth-order valence-corrected chi connectivity index (χ4v) is 2.16. The molecule has 1 unspecified atom stereocenters. The van der Waals surface area contributed by atoms with Crippen LogP contribution < -0.4 is 5.73 Å². The minimum atomic E-state index is -0.253. The van der Waals surface area contributed by atoms with Crippen molar-refractivity contribution in [3.05, 3.63) is 29.8 Å². The fraction of sp³-hybridized carbons (Fsp3) is 0.417. The monoisotopic (exact) mass is 219 g/mol. The van der Waals surface area contributed by atoms with E-state index in [-0.39, 0.29) is 11.9 Å². The van der Waals surface area contributed by atoms with Crippen LogP contribution in [-0.2, 0) is 7.05 Å². The number of hydrogen-bond acceptors (Lipinski definition) is 2. The van der Waals surface area contributed by atoms with Gasteiger partial charge < -0.3 is 10.3 Å². The Bertz CT molecular complexity index is 542. The first-order valence-corrected chi connectivity index (χ1v) is 5.54. The standard InChI is InChI=1S/C12H14FN3/c1-16-10-5-4-8(13)6-9(10)15-12(16)11(14)7-2-3-7/h4-7,11H,2-3,14H2,1H3. The van der Waals surface area contributed by atoms with E-state index >= 15 is 0 Å². The highest BCUT2D eigenvalue weighted by molar-refractivity contribution is 5.76. The van der Waals surface area contributed by atoms with E-state index in [4.69, 9.17) is 5.73 Å². The second-order valence-corrected chi connectivity index (χ2v) is 4.53. The molecule has 1 saturated carbocycles. The third-order valence-electron chi connectivity index (χ3n) is 3.31. The molecular formula is C12H14FN3. The van der Waals surface area contributed by atoms with Crippen LogP contribution in [0.5, 0.6) is 0 Å². The van der Waals surface area contributed by atoms with Gasteiger partial charge in [0, 0.05) is 13.1 Å². The van der Waals surface area contributed by atoms with Crippen molar-refractivity contribution in [2.75, 3.05) is 0 Å². The van der Waals surface area contributed by atoms with Gasteiger partial charge in [0.15, 0.2) is 0 Å². The topological polar surface area (TPSA) is 43.8 Å². The van der Waals surface area contributed by atoms with E-state index in [1.165, 1.54) is 25.0 Å².